The van der Waals surface area contributed by atoms with Crippen LogP contribution in [0.25, 0.3) is 0 Å². The second-order valence-electron chi connectivity index (χ2n) is 6.81. The van der Waals surface area contributed by atoms with E-state index < -0.39 is 0 Å². The summed E-state index contributed by atoms with van der Waals surface area (Å²) in [6, 6.07) is 14.9. The highest BCUT2D eigenvalue weighted by molar-refractivity contribution is 5.60. The molecule has 0 N–H and O–H groups in total. The Kier molecular flexibility index (Phi) is 5.21. The molecular weight excluding hydrogens is 330 g/mol. The molecule has 0 unspecified atom stereocenters. The maximum Gasteiger partial charge on any atom is 0.269 e. The third-order valence-electron chi connectivity index (χ3n) is 4.73. The first-order valence-electron chi connectivity index (χ1n) is 8.66. The van der Waals surface area contributed by atoms with Crippen LogP contribution in [-0.2, 0) is 6.54 Å². The zero-order valence-electron chi connectivity index (χ0n) is 15.2. The Balaban J connectivity index is 1.78. The second kappa shape index (κ2) is 7.56. The molecule has 0 saturated carbocycles. The maximum absolute atomic E-state index is 10.9. The van der Waals surface area contributed by atoms with Crippen molar-refractivity contribution < 1.29 is 9.66 Å². The van der Waals surface area contributed by atoms with Crippen LogP contribution in [0, 0.1) is 16.0 Å². The van der Waals surface area contributed by atoms with E-state index in [9.17, 15) is 10.1 Å². The summed E-state index contributed by atoms with van der Waals surface area (Å²) in [4.78, 5) is 17.4. The van der Waals surface area contributed by atoms with Crippen LogP contribution in [0.1, 0.15) is 31.0 Å². The van der Waals surface area contributed by atoms with E-state index in [1.54, 1.807) is 19.2 Å². The van der Waals surface area contributed by atoms with Crippen molar-refractivity contribution in [3.63, 3.8) is 0 Å². The number of benzene rings is 2. The summed E-state index contributed by atoms with van der Waals surface area (Å²) in [5, 5.41) is 10.9. The smallest absolute Gasteiger partial charge is 0.269 e. The molecule has 0 radical (unpaired) electrons. The highest BCUT2D eigenvalue weighted by Gasteiger charge is 2.34. The molecule has 6 heteroatoms. The molecule has 2 aromatic rings. The molecule has 136 valence electrons. The normalized spacial score (nSPS) is 19.2. The molecule has 3 rings (SSSR count). The lowest BCUT2D eigenvalue weighted by atomic mass is 9.91. The number of aliphatic imine (C=N–C) groups is 1. The minimum Gasteiger partial charge on any atom is -0.497 e. The van der Waals surface area contributed by atoms with Gasteiger partial charge in [-0.2, -0.15) is 0 Å². The highest BCUT2D eigenvalue weighted by atomic mass is 16.6. The number of nitro benzene ring substituents is 1. The van der Waals surface area contributed by atoms with Crippen LogP contribution in [0.5, 0.6) is 5.75 Å². The monoisotopic (exact) mass is 353 g/mol. The third-order valence-corrected chi connectivity index (χ3v) is 4.73. The topological polar surface area (TPSA) is 68.0 Å². The Hall–Kier alpha value is -2.89. The summed E-state index contributed by atoms with van der Waals surface area (Å²) < 4.78 is 5.21. The summed E-state index contributed by atoms with van der Waals surface area (Å²) in [6.45, 7) is 5.12. The van der Waals surface area contributed by atoms with Crippen molar-refractivity contribution in [1.29, 1.82) is 0 Å². The summed E-state index contributed by atoms with van der Waals surface area (Å²) in [6.07, 6.45) is 1.90. The molecule has 0 fully saturated rings. The molecule has 1 heterocycles. The first kappa shape index (κ1) is 17.9. The van der Waals surface area contributed by atoms with Crippen molar-refractivity contribution in [2.45, 2.75) is 32.5 Å². The SMILES string of the molecule is COc1ccc(CN2C=N[C@@H](c3ccc([N+](=O)[O-])cc3)[C@@H]2C(C)C)cc1. The van der Waals surface area contributed by atoms with E-state index in [-0.39, 0.29) is 22.7 Å². The van der Waals surface area contributed by atoms with Crippen LogP contribution >= 0.6 is 0 Å². The van der Waals surface area contributed by atoms with Gasteiger partial charge in [-0.05, 0) is 41.3 Å². The van der Waals surface area contributed by atoms with Gasteiger partial charge in [0, 0.05) is 18.7 Å². The number of nitro groups is 1. The summed E-state index contributed by atoms with van der Waals surface area (Å²) in [5.74, 6) is 1.23. The van der Waals surface area contributed by atoms with Gasteiger partial charge < -0.3 is 9.64 Å². The molecule has 1 aliphatic rings. The Bertz CT molecular complexity index is 785. The molecule has 26 heavy (non-hydrogen) atoms. The summed E-state index contributed by atoms with van der Waals surface area (Å²) in [5.41, 5.74) is 2.29. The Labute approximate surface area is 153 Å². The predicted octanol–water partition coefficient (Wildman–Crippen LogP) is 4.21. The fourth-order valence-corrected chi connectivity index (χ4v) is 3.42. The van der Waals surface area contributed by atoms with Crippen molar-refractivity contribution >= 4 is 12.0 Å². The molecule has 0 saturated heterocycles. The molecule has 2 aromatic carbocycles. The van der Waals surface area contributed by atoms with Gasteiger partial charge in [-0.25, -0.2) is 0 Å². The number of rotatable bonds is 6. The quantitative estimate of drug-likeness (QED) is 0.576. The standard InChI is InChI=1S/C20H23N3O3/c1-14(2)20-19(16-6-8-17(9-7-16)23(24)25)21-13-22(20)12-15-4-10-18(26-3)11-5-15/h4-11,13-14,19-20H,12H2,1-3H3/t19-,20-/m0/s1. The van der Waals surface area contributed by atoms with Gasteiger partial charge in [-0.3, -0.25) is 15.1 Å². The van der Waals surface area contributed by atoms with Crippen LogP contribution in [-0.4, -0.2) is 29.3 Å². The van der Waals surface area contributed by atoms with E-state index in [0.29, 0.717) is 5.92 Å². The Morgan fingerprint density at radius 2 is 1.81 bits per heavy atom. The van der Waals surface area contributed by atoms with Crippen LogP contribution < -0.4 is 4.74 Å². The van der Waals surface area contributed by atoms with Gasteiger partial charge in [0.1, 0.15) is 5.75 Å². The van der Waals surface area contributed by atoms with Crippen LogP contribution in [0.2, 0.25) is 0 Å². The lowest BCUT2D eigenvalue weighted by molar-refractivity contribution is -0.384. The average Bonchev–Trinajstić information content (AvgIpc) is 3.06. The fraction of sp³-hybridized carbons (Fsp3) is 0.350. The van der Waals surface area contributed by atoms with E-state index in [1.807, 2.05) is 30.6 Å². The zero-order valence-corrected chi connectivity index (χ0v) is 15.2. The Morgan fingerprint density at radius 1 is 1.15 bits per heavy atom. The van der Waals surface area contributed by atoms with Crippen molar-refractivity contribution in [2.75, 3.05) is 7.11 Å². The second-order valence-corrected chi connectivity index (χ2v) is 6.81. The minimum atomic E-state index is -0.377. The highest BCUT2D eigenvalue weighted by Crippen LogP contribution is 2.35. The molecule has 0 amide bonds. The predicted molar refractivity (Wildman–Crippen MR) is 101 cm³/mol. The average molecular weight is 353 g/mol. The van der Waals surface area contributed by atoms with Crippen molar-refractivity contribution in [2.24, 2.45) is 10.9 Å². The first-order chi connectivity index (χ1) is 12.5. The lowest BCUT2D eigenvalue weighted by Crippen LogP contribution is -2.36. The third kappa shape index (κ3) is 3.69. The van der Waals surface area contributed by atoms with Crippen LogP contribution in [0.15, 0.2) is 53.5 Å². The minimum absolute atomic E-state index is 0.0194. The van der Waals surface area contributed by atoms with Gasteiger partial charge in [0.25, 0.3) is 5.69 Å². The largest absolute Gasteiger partial charge is 0.497 e. The zero-order chi connectivity index (χ0) is 18.7. The Morgan fingerprint density at radius 3 is 2.35 bits per heavy atom. The van der Waals surface area contributed by atoms with Gasteiger partial charge in [0.15, 0.2) is 0 Å². The molecule has 0 spiro atoms. The van der Waals surface area contributed by atoms with E-state index in [0.717, 1.165) is 17.9 Å². The number of hydrogen-bond donors (Lipinski definition) is 0. The summed E-state index contributed by atoms with van der Waals surface area (Å²) >= 11 is 0. The molecule has 0 bridgehead atoms. The van der Waals surface area contributed by atoms with Gasteiger partial charge >= 0.3 is 0 Å². The van der Waals surface area contributed by atoms with Gasteiger partial charge in [0.05, 0.1) is 30.5 Å². The van der Waals surface area contributed by atoms with Crippen molar-refractivity contribution in [3.8, 4) is 5.75 Å². The number of ether oxygens (including phenoxy) is 1. The first-order valence-corrected chi connectivity index (χ1v) is 8.66. The number of hydrogen-bond acceptors (Lipinski definition) is 5. The molecular formula is C20H23N3O3. The van der Waals surface area contributed by atoms with Crippen molar-refractivity contribution in [1.82, 2.24) is 4.90 Å². The van der Waals surface area contributed by atoms with Crippen molar-refractivity contribution in [3.05, 3.63) is 69.8 Å². The van der Waals surface area contributed by atoms with E-state index >= 15 is 0 Å². The molecule has 6 nitrogen and oxygen atoms in total. The van der Waals surface area contributed by atoms with Gasteiger partial charge in [-0.15, -0.1) is 0 Å². The lowest BCUT2D eigenvalue weighted by Gasteiger charge is -2.31. The molecule has 2 atom stereocenters. The van der Waals surface area contributed by atoms with E-state index in [2.05, 4.69) is 30.9 Å². The van der Waals surface area contributed by atoms with Crippen LogP contribution in [0.4, 0.5) is 5.69 Å². The number of methoxy groups -OCH3 is 1. The molecule has 0 aliphatic carbocycles. The number of non-ortho nitro benzene ring substituents is 1. The van der Waals surface area contributed by atoms with Gasteiger partial charge in [-0.1, -0.05) is 26.0 Å². The fourth-order valence-electron chi connectivity index (χ4n) is 3.42. The number of nitrogens with zero attached hydrogens (tertiary/aromatic N) is 3. The molecule has 0 aromatic heterocycles. The van der Waals surface area contributed by atoms with Crippen LogP contribution in [0.3, 0.4) is 0 Å². The van der Waals surface area contributed by atoms with E-state index in [1.165, 1.54) is 5.56 Å². The van der Waals surface area contributed by atoms with Gasteiger partial charge in [0.2, 0.25) is 0 Å². The van der Waals surface area contributed by atoms with E-state index in [4.69, 9.17) is 9.73 Å². The molecule has 1 aliphatic heterocycles. The summed E-state index contributed by atoms with van der Waals surface area (Å²) in [7, 11) is 1.66. The maximum atomic E-state index is 10.9.